The second-order valence-electron chi connectivity index (χ2n) is 7.49. The summed E-state index contributed by atoms with van der Waals surface area (Å²) in [4.78, 5) is 0. The molecular weight excluding hydrogens is 351 g/mol. The third kappa shape index (κ3) is 4.77. The predicted octanol–water partition coefficient (Wildman–Crippen LogP) is 5.28. The van der Waals surface area contributed by atoms with Gasteiger partial charge in [-0.2, -0.15) is 0 Å². The summed E-state index contributed by atoms with van der Waals surface area (Å²) in [6.45, 7) is 5.78. The van der Waals surface area contributed by atoms with Crippen molar-refractivity contribution in [2.75, 3.05) is 0 Å². The van der Waals surface area contributed by atoms with E-state index in [0.29, 0.717) is 14.3 Å². The highest BCUT2D eigenvalue weighted by atomic mass is 31.1. The Bertz CT molecular complexity index is 898. The Balaban J connectivity index is 1.86. The largest absolute Gasteiger partial charge is 0.507 e. The first-order chi connectivity index (χ1) is 12.9. The van der Waals surface area contributed by atoms with E-state index in [2.05, 4.69) is 25.1 Å². The zero-order valence-corrected chi connectivity index (χ0v) is 17.1. The Hall–Kier alpha value is -2.15. The first-order valence-corrected chi connectivity index (χ1v) is 10.4. The van der Waals surface area contributed by atoms with Gasteiger partial charge in [0.05, 0.1) is 5.60 Å². The lowest BCUT2D eigenvalue weighted by molar-refractivity contribution is 0.0797. The highest BCUT2D eigenvalue weighted by molar-refractivity contribution is 7.47. The molecule has 2 unspecified atom stereocenters. The molecular formula is C24H27O2P. The molecule has 0 radical (unpaired) electrons. The smallest absolute Gasteiger partial charge is 0.122 e. The lowest BCUT2D eigenvalue weighted by Crippen LogP contribution is -2.23. The maximum atomic E-state index is 10.9. The first-order valence-electron chi connectivity index (χ1n) is 9.29. The second-order valence-corrected chi connectivity index (χ2v) is 9.18. The molecule has 3 aromatic carbocycles. The van der Waals surface area contributed by atoms with Gasteiger partial charge in [0.2, 0.25) is 0 Å². The Kier molecular flexibility index (Phi) is 5.99. The van der Waals surface area contributed by atoms with Crippen LogP contribution in [0.5, 0.6) is 5.75 Å². The summed E-state index contributed by atoms with van der Waals surface area (Å²) in [5, 5.41) is 22.5. The van der Waals surface area contributed by atoms with E-state index in [1.54, 1.807) is 0 Å². The second kappa shape index (κ2) is 8.25. The van der Waals surface area contributed by atoms with Gasteiger partial charge < -0.3 is 10.2 Å². The fourth-order valence-electron chi connectivity index (χ4n) is 3.37. The highest BCUT2D eigenvalue weighted by Gasteiger charge is 2.22. The zero-order valence-electron chi connectivity index (χ0n) is 16.1. The lowest BCUT2D eigenvalue weighted by atomic mass is 9.99. The van der Waals surface area contributed by atoms with Gasteiger partial charge in [-0.15, -0.1) is 0 Å². The van der Waals surface area contributed by atoms with Crippen molar-refractivity contribution in [1.82, 2.24) is 0 Å². The summed E-state index contributed by atoms with van der Waals surface area (Å²) in [5.74, 6) is 0.391. The number of hydrogen-bond acceptors (Lipinski definition) is 2. The summed E-state index contributed by atoms with van der Waals surface area (Å²) >= 11 is 0. The zero-order chi connectivity index (χ0) is 19.4. The number of aliphatic hydroxyl groups is 1. The maximum Gasteiger partial charge on any atom is 0.122 e. The molecule has 3 heteroatoms. The van der Waals surface area contributed by atoms with Crippen LogP contribution in [0.15, 0.2) is 72.8 Å². The molecule has 0 aliphatic rings. The normalized spacial score (nSPS) is 13.2. The molecule has 0 amide bonds. The number of rotatable bonds is 6. The van der Waals surface area contributed by atoms with Gasteiger partial charge in [0.1, 0.15) is 5.75 Å². The Morgan fingerprint density at radius 1 is 0.889 bits per heavy atom. The van der Waals surface area contributed by atoms with Gasteiger partial charge in [-0.25, -0.2) is 0 Å². The van der Waals surface area contributed by atoms with Gasteiger partial charge >= 0.3 is 0 Å². The maximum absolute atomic E-state index is 10.9. The van der Waals surface area contributed by atoms with Crippen LogP contribution in [0.4, 0.5) is 0 Å². The van der Waals surface area contributed by atoms with Crippen LogP contribution in [0.1, 0.15) is 48.7 Å². The van der Waals surface area contributed by atoms with E-state index in [1.165, 1.54) is 5.56 Å². The molecule has 0 aliphatic heterocycles. The molecule has 2 atom stereocenters. The molecule has 2 nitrogen and oxygen atoms in total. The minimum Gasteiger partial charge on any atom is -0.507 e. The molecule has 140 valence electrons. The number of para-hydroxylation sites is 1. The van der Waals surface area contributed by atoms with Crippen molar-refractivity contribution in [2.24, 2.45) is 0 Å². The first kappa shape index (κ1) is 19.6. The fourth-order valence-corrected chi connectivity index (χ4v) is 4.96. The van der Waals surface area contributed by atoms with Crippen LogP contribution in [-0.4, -0.2) is 10.2 Å². The third-order valence-corrected chi connectivity index (χ3v) is 6.30. The van der Waals surface area contributed by atoms with E-state index in [4.69, 9.17) is 0 Å². The monoisotopic (exact) mass is 378 g/mol. The average molecular weight is 378 g/mol. The molecule has 0 heterocycles. The SMILES string of the molecule is CC(Pc1ccccc1C(C)(C)O)c1cccc(Cc2ccccc2)c1O. The van der Waals surface area contributed by atoms with Gasteiger partial charge in [0, 0.05) is 17.6 Å². The summed E-state index contributed by atoms with van der Waals surface area (Å²) in [5.41, 5.74) is 3.35. The number of hydrogen-bond donors (Lipinski definition) is 2. The third-order valence-electron chi connectivity index (χ3n) is 4.81. The summed E-state index contributed by atoms with van der Waals surface area (Å²) < 4.78 is 0. The highest BCUT2D eigenvalue weighted by Crippen LogP contribution is 2.41. The molecule has 2 N–H and O–H groups in total. The van der Waals surface area contributed by atoms with Gasteiger partial charge in [-0.3, -0.25) is 0 Å². The summed E-state index contributed by atoms with van der Waals surface area (Å²) in [7, 11) is 0.469. The number of phenols is 1. The van der Waals surface area contributed by atoms with E-state index in [-0.39, 0.29) is 5.66 Å². The number of aromatic hydroxyl groups is 1. The molecule has 0 fully saturated rings. The number of phenolic OH excluding ortho intramolecular Hbond substituents is 1. The van der Waals surface area contributed by atoms with E-state index in [0.717, 1.165) is 28.4 Å². The molecule has 27 heavy (non-hydrogen) atoms. The Morgan fingerprint density at radius 2 is 1.56 bits per heavy atom. The van der Waals surface area contributed by atoms with Crippen LogP contribution in [0, 0.1) is 0 Å². The minimum atomic E-state index is -0.874. The van der Waals surface area contributed by atoms with Crippen LogP contribution in [0.25, 0.3) is 0 Å². The van der Waals surface area contributed by atoms with E-state index < -0.39 is 5.60 Å². The van der Waals surface area contributed by atoms with Gasteiger partial charge in [0.15, 0.2) is 0 Å². The van der Waals surface area contributed by atoms with Crippen LogP contribution in [-0.2, 0) is 12.0 Å². The van der Waals surface area contributed by atoms with Crippen molar-refractivity contribution in [1.29, 1.82) is 0 Å². The van der Waals surface area contributed by atoms with Gasteiger partial charge in [0.25, 0.3) is 0 Å². The molecule has 0 saturated heterocycles. The molecule has 0 bridgehead atoms. The van der Waals surface area contributed by atoms with Crippen molar-refractivity contribution in [2.45, 2.75) is 38.5 Å². The van der Waals surface area contributed by atoms with Crippen LogP contribution in [0.3, 0.4) is 0 Å². The Morgan fingerprint density at radius 3 is 2.26 bits per heavy atom. The summed E-state index contributed by atoms with van der Waals surface area (Å²) in [6.07, 6.45) is 0.719. The van der Waals surface area contributed by atoms with Crippen LogP contribution in [0.2, 0.25) is 0 Å². The Labute approximate surface area is 163 Å². The van der Waals surface area contributed by atoms with E-state index >= 15 is 0 Å². The molecule has 3 aromatic rings. The minimum absolute atomic E-state index is 0.171. The van der Waals surface area contributed by atoms with Crippen LogP contribution < -0.4 is 5.30 Å². The van der Waals surface area contributed by atoms with Crippen LogP contribution >= 0.6 is 8.58 Å². The van der Waals surface area contributed by atoms with Crippen molar-refractivity contribution in [3.05, 3.63) is 95.1 Å². The summed E-state index contributed by atoms with van der Waals surface area (Å²) in [6, 6.07) is 24.3. The molecule has 3 rings (SSSR count). The molecule has 0 saturated carbocycles. The lowest BCUT2D eigenvalue weighted by Gasteiger charge is -2.24. The van der Waals surface area contributed by atoms with Gasteiger partial charge in [-0.05, 0) is 35.8 Å². The van der Waals surface area contributed by atoms with Crippen molar-refractivity contribution in [3.63, 3.8) is 0 Å². The fraction of sp³-hybridized carbons (Fsp3) is 0.250. The molecule has 0 aromatic heterocycles. The van der Waals surface area contributed by atoms with Crippen molar-refractivity contribution < 1.29 is 10.2 Å². The molecule has 0 spiro atoms. The van der Waals surface area contributed by atoms with E-state index in [9.17, 15) is 10.2 Å². The van der Waals surface area contributed by atoms with Crippen molar-refractivity contribution in [3.8, 4) is 5.75 Å². The molecule has 0 aliphatic carbocycles. The predicted molar refractivity (Wildman–Crippen MR) is 115 cm³/mol. The van der Waals surface area contributed by atoms with Crippen molar-refractivity contribution >= 4 is 13.9 Å². The van der Waals surface area contributed by atoms with Gasteiger partial charge in [-0.1, -0.05) is 88.3 Å². The quantitative estimate of drug-likeness (QED) is 0.573. The standard InChI is InChI=1S/C24H27O2P/c1-17(27-22-15-8-7-14-21(22)24(2,3)26)20-13-9-12-19(23(20)25)16-18-10-5-4-6-11-18/h4-15,17,25-27H,16H2,1-3H3. The topological polar surface area (TPSA) is 40.5 Å². The average Bonchev–Trinajstić information content (AvgIpc) is 2.64. The van der Waals surface area contributed by atoms with E-state index in [1.807, 2.05) is 68.4 Å². The number of benzene rings is 3.